The topological polar surface area (TPSA) is 45.7 Å². The molecule has 1 fully saturated rings. The van der Waals surface area contributed by atoms with Gasteiger partial charge in [-0.3, -0.25) is 4.79 Å². The molecule has 132 valence electrons. The first-order chi connectivity index (χ1) is 12.1. The van der Waals surface area contributed by atoms with Crippen molar-refractivity contribution in [2.24, 2.45) is 0 Å². The van der Waals surface area contributed by atoms with Gasteiger partial charge < -0.3 is 14.5 Å². The van der Waals surface area contributed by atoms with Crippen LogP contribution in [0.4, 0.5) is 10.2 Å². The van der Waals surface area contributed by atoms with E-state index in [-0.39, 0.29) is 18.3 Å². The van der Waals surface area contributed by atoms with Crippen LogP contribution >= 0.6 is 0 Å². The Labute approximate surface area is 147 Å². The maximum Gasteiger partial charge on any atom is 0.260 e. The number of pyridine rings is 1. The van der Waals surface area contributed by atoms with Crippen molar-refractivity contribution in [1.29, 1.82) is 0 Å². The van der Waals surface area contributed by atoms with Crippen molar-refractivity contribution in [3.8, 4) is 5.75 Å². The molecule has 1 aliphatic rings. The minimum absolute atomic E-state index is 0.109. The molecular formula is C19H22FN3O2. The van der Waals surface area contributed by atoms with Crippen LogP contribution in [0.25, 0.3) is 0 Å². The van der Waals surface area contributed by atoms with Crippen LogP contribution in [0, 0.1) is 5.82 Å². The predicted molar refractivity (Wildman–Crippen MR) is 94.1 cm³/mol. The highest BCUT2D eigenvalue weighted by molar-refractivity contribution is 5.77. The second kappa shape index (κ2) is 7.96. The third-order valence-electron chi connectivity index (χ3n) is 4.56. The fraction of sp³-hybridized carbons (Fsp3) is 0.368. The minimum atomic E-state index is -0.453. The second-order valence-corrected chi connectivity index (χ2v) is 6.13. The van der Waals surface area contributed by atoms with Gasteiger partial charge in [-0.1, -0.05) is 18.2 Å². The van der Waals surface area contributed by atoms with E-state index in [4.69, 9.17) is 4.74 Å². The Morgan fingerprint density at radius 3 is 2.64 bits per heavy atom. The molecule has 0 bridgehead atoms. The van der Waals surface area contributed by atoms with E-state index in [0.717, 1.165) is 18.7 Å². The number of amides is 1. The Kier molecular flexibility index (Phi) is 5.48. The molecule has 1 amide bonds. The molecule has 1 aromatic heterocycles. The summed E-state index contributed by atoms with van der Waals surface area (Å²) in [4.78, 5) is 20.6. The van der Waals surface area contributed by atoms with Crippen molar-refractivity contribution in [1.82, 2.24) is 9.88 Å². The number of rotatable bonds is 5. The SMILES string of the molecule is CN(c1ccccn1)C1CCN(C(=O)COc2ccccc2F)CC1. The van der Waals surface area contributed by atoms with Gasteiger partial charge in [-0.25, -0.2) is 9.37 Å². The van der Waals surface area contributed by atoms with Crippen molar-refractivity contribution in [3.05, 3.63) is 54.5 Å². The van der Waals surface area contributed by atoms with E-state index in [0.29, 0.717) is 19.1 Å². The van der Waals surface area contributed by atoms with Crippen LogP contribution in [0.1, 0.15) is 12.8 Å². The number of piperidine rings is 1. The first-order valence-corrected chi connectivity index (χ1v) is 8.44. The van der Waals surface area contributed by atoms with E-state index in [1.54, 1.807) is 23.2 Å². The summed E-state index contributed by atoms with van der Waals surface area (Å²) >= 11 is 0. The molecule has 25 heavy (non-hydrogen) atoms. The number of carbonyl (C=O) groups excluding carboxylic acids is 1. The van der Waals surface area contributed by atoms with E-state index in [2.05, 4.69) is 9.88 Å². The molecule has 0 unspecified atom stereocenters. The quantitative estimate of drug-likeness (QED) is 0.837. The van der Waals surface area contributed by atoms with Crippen molar-refractivity contribution < 1.29 is 13.9 Å². The summed E-state index contributed by atoms with van der Waals surface area (Å²) in [5, 5.41) is 0. The lowest BCUT2D eigenvalue weighted by Crippen LogP contribution is -2.47. The maximum absolute atomic E-state index is 13.5. The third-order valence-corrected chi connectivity index (χ3v) is 4.56. The van der Waals surface area contributed by atoms with E-state index >= 15 is 0 Å². The first kappa shape index (κ1) is 17.2. The van der Waals surface area contributed by atoms with Gasteiger partial charge in [0.05, 0.1) is 0 Å². The molecule has 0 spiro atoms. The zero-order valence-corrected chi connectivity index (χ0v) is 14.3. The van der Waals surface area contributed by atoms with Crippen LogP contribution in [-0.4, -0.2) is 48.6 Å². The molecule has 2 heterocycles. The highest BCUT2D eigenvalue weighted by Gasteiger charge is 2.26. The third kappa shape index (κ3) is 4.26. The smallest absolute Gasteiger partial charge is 0.260 e. The van der Waals surface area contributed by atoms with E-state index in [1.165, 1.54) is 12.1 Å². The molecule has 1 aliphatic heterocycles. The molecule has 0 atom stereocenters. The Balaban J connectivity index is 1.48. The van der Waals surface area contributed by atoms with E-state index < -0.39 is 5.82 Å². The monoisotopic (exact) mass is 343 g/mol. The van der Waals surface area contributed by atoms with Gasteiger partial charge in [0.15, 0.2) is 18.2 Å². The van der Waals surface area contributed by atoms with Gasteiger partial charge >= 0.3 is 0 Å². The van der Waals surface area contributed by atoms with Gasteiger partial charge in [0.2, 0.25) is 0 Å². The normalized spacial score (nSPS) is 15.0. The molecule has 2 aromatic rings. The van der Waals surface area contributed by atoms with Crippen LogP contribution < -0.4 is 9.64 Å². The Morgan fingerprint density at radius 2 is 1.96 bits per heavy atom. The number of nitrogens with zero attached hydrogens (tertiary/aromatic N) is 3. The summed E-state index contributed by atoms with van der Waals surface area (Å²) in [6, 6.07) is 12.3. The summed E-state index contributed by atoms with van der Waals surface area (Å²) in [6.45, 7) is 1.20. The van der Waals surface area contributed by atoms with Gasteiger partial charge in [-0.2, -0.15) is 0 Å². The molecule has 6 heteroatoms. The molecule has 1 saturated heterocycles. The molecule has 3 rings (SSSR count). The Hall–Kier alpha value is -2.63. The number of hydrogen-bond acceptors (Lipinski definition) is 4. The van der Waals surface area contributed by atoms with Crippen molar-refractivity contribution in [3.63, 3.8) is 0 Å². The lowest BCUT2D eigenvalue weighted by molar-refractivity contribution is -0.134. The fourth-order valence-corrected chi connectivity index (χ4v) is 3.04. The van der Waals surface area contributed by atoms with E-state index in [1.807, 2.05) is 25.2 Å². The summed E-state index contributed by atoms with van der Waals surface area (Å²) in [5.41, 5.74) is 0. The summed E-state index contributed by atoms with van der Waals surface area (Å²) in [6.07, 6.45) is 3.53. The molecule has 1 aromatic carbocycles. The second-order valence-electron chi connectivity index (χ2n) is 6.13. The lowest BCUT2D eigenvalue weighted by Gasteiger charge is -2.37. The highest BCUT2D eigenvalue weighted by Crippen LogP contribution is 2.21. The Bertz CT molecular complexity index is 703. The average Bonchev–Trinajstić information content (AvgIpc) is 2.67. The number of para-hydroxylation sites is 1. The van der Waals surface area contributed by atoms with Crippen LogP contribution in [0.5, 0.6) is 5.75 Å². The van der Waals surface area contributed by atoms with Gasteiger partial charge in [0, 0.05) is 32.4 Å². The van der Waals surface area contributed by atoms with Crippen LogP contribution in [0.3, 0.4) is 0 Å². The average molecular weight is 343 g/mol. The molecule has 0 radical (unpaired) electrons. The molecule has 5 nitrogen and oxygen atoms in total. The van der Waals surface area contributed by atoms with Crippen molar-refractivity contribution >= 4 is 11.7 Å². The van der Waals surface area contributed by atoms with Crippen LogP contribution in [0.15, 0.2) is 48.7 Å². The van der Waals surface area contributed by atoms with Gasteiger partial charge in [-0.15, -0.1) is 0 Å². The number of ether oxygens (including phenoxy) is 1. The largest absolute Gasteiger partial charge is 0.481 e. The molecule has 0 aliphatic carbocycles. The Morgan fingerprint density at radius 1 is 1.24 bits per heavy atom. The predicted octanol–water partition coefficient (Wildman–Crippen LogP) is 2.73. The number of anilines is 1. The summed E-state index contributed by atoms with van der Waals surface area (Å²) in [7, 11) is 2.03. The van der Waals surface area contributed by atoms with E-state index in [9.17, 15) is 9.18 Å². The minimum Gasteiger partial charge on any atom is -0.481 e. The van der Waals surface area contributed by atoms with Gasteiger partial charge in [-0.05, 0) is 37.1 Å². The van der Waals surface area contributed by atoms with Gasteiger partial charge in [0.1, 0.15) is 5.82 Å². The first-order valence-electron chi connectivity index (χ1n) is 8.44. The van der Waals surface area contributed by atoms with Crippen molar-refractivity contribution in [2.45, 2.75) is 18.9 Å². The van der Waals surface area contributed by atoms with Crippen LogP contribution in [0.2, 0.25) is 0 Å². The maximum atomic E-state index is 13.5. The fourth-order valence-electron chi connectivity index (χ4n) is 3.04. The zero-order chi connectivity index (χ0) is 17.6. The number of likely N-dealkylation sites (tertiary alicyclic amines) is 1. The number of halogens is 1. The van der Waals surface area contributed by atoms with Crippen molar-refractivity contribution in [2.75, 3.05) is 31.6 Å². The zero-order valence-electron chi connectivity index (χ0n) is 14.3. The highest BCUT2D eigenvalue weighted by atomic mass is 19.1. The number of carbonyl (C=O) groups is 1. The molecule has 0 saturated carbocycles. The number of benzene rings is 1. The number of hydrogen-bond donors (Lipinski definition) is 0. The number of aromatic nitrogens is 1. The summed E-state index contributed by atoms with van der Waals surface area (Å²) in [5.74, 6) is 0.490. The van der Waals surface area contributed by atoms with Gasteiger partial charge in [0.25, 0.3) is 5.91 Å². The molecular weight excluding hydrogens is 321 g/mol. The standard InChI is InChI=1S/C19H22FN3O2/c1-22(18-8-4-5-11-21-18)15-9-12-23(13-10-15)19(24)14-25-17-7-3-2-6-16(17)20/h2-8,11,15H,9-10,12-14H2,1H3. The molecule has 0 N–H and O–H groups in total. The van der Waals surface area contributed by atoms with Crippen LogP contribution in [-0.2, 0) is 4.79 Å². The lowest BCUT2D eigenvalue weighted by atomic mass is 10.0. The summed E-state index contributed by atoms with van der Waals surface area (Å²) < 4.78 is 18.8.